The molecule has 2 atom stereocenters. The first-order valence-corrected chi connectivity index (χ1v) is 13.1. The molecular formula is C26H49N3O3. The van der Waals surface area contributed by atoms with Crippen LogP contribution in [0.15, 0.2) is 0 Å². The van der Waals surface area contributed by atoms with Gasteiger partial charge in [-0.3, -0.25) is 4.79 Å². The number of carboxylic acids is 1. The second-order valence-corrected chi connectivity index (χ2v) is 9.17. The number of unbranched alkanes of at least 4 members (excludes halogenated alkanes) is 15. The average molecular weight is 452 g/mol. The van der Waals surface area contributed by atoms with E-state index in [9.17, 15) is 14.7 Å². The van der Waals surface area contributed by atoms with Gasteiger partial charge in [0.25, 0.3) is 0 Å². The smallest absolute Gasteiger partial charge is 0.326 e. The van der Waals surface area contributed by atoms with Crippen molar-refractivity contribution in [1.29, 1.82) is 5.26 Å². The van der Waals surface area contributed by atoms with Gasteiger partial charge in [-0.25, -0.2) is 4.79 Å². The van der Waals surface area contributed by atoms with Gasteiger partial charge in [0.1, 0.15) is 6.04 Å². The van der Waals surface area contributed by atoms with Gasteiger partial charge in [0.05, 0.1) is 12.1 Å². The summed E-state index contributed by atoms with van der Waals surface area (Å²) in [7, 11) is 0. The topological polar surface area (TPSA) is 107 Å². The molecule has 0 heterocycles. The molecule has 1 amide bonds. The number of aliphatic carboxylic acids is 1. The zero-order chi connectivity index (χ0) is 24.0. The molecule has 186 valence electrons. The van der Waals surface area contributed by atoms with E-state index < -0.39 is 18.1 Å². The number of nitrogens with two attached hydrogens (primary N) is 1. The number of hydrogen-bond acceptors (Lipinski definition) is 4. The SMILES string of the molecule is CCCCCCCCCCCCCCCCCCN(C(=O)[C@@H](C)N)[C@@H](CCC#N)C(=O)O. The Morgan fingerprint density at radius 1 is 0.844 bits per heavy atom. The Morgan fingerprint density at radius 3 is 1.59 bits per heavy atom. The van der Waals surface area contributed by atoms with Crippen LogP contribution < -0.4 is 5.73 Å². The minimum Gasteiger partial charge on any atom is -0.480 e. The second-order valence-electron chi connectivity index (χ2n) is 9.17. The number of carbonyl (C=O) groups excluding carboxylic acids is 1. The van der Waals surface area contributed by atoms with Crippen LogP contribution in [0, 0.1) is 11.3 Å². The monoisotopic (exact) mass is 451 g/mol. The molecule has 0 aliphatic heterocycles. The molecule has 0 fully saturated rings. The van der Waals surface area contributed by atoms with Gasteiger partial charge in [-0.1, -0.05) is 103 Å². The van der Waals surface area contributed by atoms with Crippen molar-refractivity contribution in [3.8, 4) is 6.07 Å². The summed E-state index contributed by atoms with van der Waals surface area (Å²) in [6.07, 6.45) is 20.6. The Morgan fingerprint density at radius 2 is 1.25 bits per heavy atom. The molecule has 0 aromatic carbocycles. The largest absolute Gasteiger partial charge is 0.480 e. The molecule has 0 aromatic heterocycles. The van der Waals surface area contributed by atoms with Crippen LogP contribution in [0.1, 0.15) is 129 Å². The molecule has 0 radical (unpaired) electrons. The maximum absolute atomic E-state index is 12.4. The Kier molecular flexibility index (Phi) is 20.2. The summed E-state index contributed by atoms with van der Waals surface area (Å²) >= 11 is 0. The lowest BCUT2D eigenvalue weighted by atomic mass is 10.0. The van der Waals surface area contributed by atoms with Gasteiger partial charge < -0.3 is 15.7 Å². The fraction of sp³-hybridized carbons (Fsp3) is 0.885. The van der Waals surface area contributed by atoms with Crippen LogP contribution in [0.3, 0.4) is 0 Å². The van der Waals surface area contributed by atoms with Crippen LogP contribution in [0.25, 0.3) is 0 Å². The second kappa shape index (κ2) is 21.2. The van der Waals surface area contributed by atoms with Crippen molar-refractivity contribution in [3.63, 3.8) is 0 Å². The maximum atomic E-state index is 12.4. The van der Waals surface area contributed by atoms with E-state index in [2.05, 4.69) is 6.92 Å². The highest BCUT2D eigenvalue weighted by atomic mass is 16.4. The van der Waals surface area contributed by atoms with Gasteiger partial charge >= 0.3 is 5.97 Å². The molecule has 0 saturated heterocycles. The molecule has 0 spiro atoms. The highest BCUT2D eigenvalue weighted by molar-refractivity contribution is 5.86. The summed E-state index contributed by atoms with van der Waals surface area (Å²) in [5, 5.41) is 18.3. The van der Waals surface area contributed by atoms with Crippen LogP contribution in [-0.4, -0.2) is 40.5 Å². The van der Waals surface area contributed by atoms with Crippen LogP contribution >= 0.6 is 0 Å². The Balaban J connectivity index is 3.86. The van der Waals surface area contributed by atoms with E-state index in [-0.39, 0.29) is 18.7 Å². The third-order valence-corrected chi connectivity index (χ3v) is 6.12. The first kappa shape index (κ1) is 30.4. The molecular weight excluding hydrogens is 402 g/mol. The fourth-order valence-corrected chi connectivity index (χ4v) is 4.13. The summed E-state index contributed by atoms with van der Waals surface area (Å²) in [4.78, 5) is 25.4. The van der Waals surface area contributed by atoms with Crippen molar-refractivity contribution in [2.75, 3.05) is 6.54 Å². The van der Waals surface area contributed by atoms with E-state index in [0.717, 1.165) is 19.3 Å². The van der Waals surface area contributed by atoms with Crippen molar-refractivity contribution in [2.24, 2.45) is 5.73 Å². The number of carbonyl (C=O) groups is 2. The Bertz CT molecular complexity index is 517. The van der Waals surface area contributed by atoms with Crippen LogP contribution in [0.4, 0.5) is 0 Å². The predicted octanol–water partition coefficient (Wildman–Crippen LogP) is 6.18. The molecule has 0 aliphatic rings. The molecule has 32 heavy (non-hydrogen) atoms. The molecule has 0 aliphatic carbocycles. The standard InChI is InChI=1S/C26H49N3O3/c1-3-4-5-6-7-8-9-10-11-12-13-14-15-16-17-18-22-29(25(30)23(2)28)24(26(31)32)20-19-21-27/h23-24H,3-20,22,28H2,1-2H3,(H,31,32)/t23-,24+/m1/s1. The van der Waals surface area contributed by atoms with E-state index in [1.807, 2.05) is 6.07 Å². The molecule has 6 nitrogen and oxygen atoms in total. The van der Waals surface area contributed by atoms with E-state index in [4.69, 9.17) is 11.0 Å². The summed E-state index contributed by atoms with van der Waals surface area (Å²) in [6, 6.07) is 0.263. The van der Waals surface area contributed by atoms with E-state index >= 15 is 0 Å². The first-order valence-electron chi connectivity index (χ1n) is 13.1. The average Bonchev–Trinajstić information content (AvgIpc) is 2.76. The molecule has 0 saturated carbocycles. The summed E-state index contributed by atoms with van der Waals surface area (Å²) in [5.74, 6) is -1.41. The van der Waals surface area contributed by atoms with Crippen LogP contribution in [-0.2, 0) is 9.59 Å². The third kappa shape index (κ3) is 16.1. The fourth-order valence-electron chi connectivity index (χ4n) is 4.13. The number of amides is 1. The highest BCUT2D eigenvalue weighted by Crippen LogP contribution is 2.15. The Labute approximate surface area is 196 Å². The van der Waals surface area contributed by atoms with Gasteiger partial charge in [-0.05, 0) is 19.8 Å². The lowest BCUT2D eigenvalue weighted by Crippen LogP contribution is -2.51. The zero-order valence-corrected chi connectivity index (χ0v) is 20.8. The number of nitrogens with zero attached hydrogens (tertiary/aromatic N) is 2. The van der Waals surface area contributed by atoms with Gasteiger partial charge in [-0.15, -0.1) is 0 Å². The third-order valence-electron chi connectivity index (χ3n) is 6.12. The minimum atomic E-state index is -1.06. The van der Waals surface area contributed by atoms with Crippen LogP contribution in [0.5, 0.6) is 0 Å². The van der Waals surface area contributed by atoms with Gasteiger partial charge in [0, 0.05) is 13.0 Å². The van der Waals surface area contributed by atoms with Gasteiger partial charge in [-0.2, -0.15) is 5.26 Å². The van der Waals surface area contributed by atoms with Gasteiger partial charge in [0.15, 0.2) is 0 Å². The lowest BCUT2D eigenvalue weighted by molar-refractivity contribution is -0.151. The van der Waals surface area contributed by atoms with E-state index in [1.165, 1.54) is 88.4 Å². The van der Waals surface area contributed by atoms with E-state index in [1.54, 1.807) is 6.92 Å². The van der Waals surface area contributed by atoms with Crippen molar-refractivity contribution in [3.05, 3.63) is 0 Å². The molecule has 6 heteroatoms. The molecule has 0 bridgehead atoms. The summed E-state index contributed by atoms with van der Waals surface area (Å²) < 4.78 is 0. The molecule has 0 aromatic rings. The molecule has 0 unspecified atom stereocenters. The number of hydrogen-bond donors (Lipinski definition) is 2. The first-order chi connectivity index (χ1) is 15.5. The summed E-state index contributed by atoms with van der Waals surface area (Å²) in [6.45, 7) is 4.23. The van der Waals surface area contributed by atoms with E-state index in [0.29, 0.717) is 6.54 Å². The van der Waals surface area contributed by atoms with Gasteiger partial charge in [0.2, 0.25) is 5.91 Å². The zero-order valence-electron chi connectivity index (χ0n) is 20.8. The predicted molar refractivity (Wildman–Crippen MR) is 131 cm³/mol. The quantitative estimate of drug-likeness (QED) is 0.191. The number of carboxylic acid groups (broad SMARTS) is 1. The number of nitriles is 1. The minimum absolute atomic E-state index is 0.110. The maximum Gasteiger partial charge on any atom is 0.326 e. The summed E-state index contributed by atoms with van der Waals surface area (Å²) in [5.41, 5.74) is 5.72. The van der Waals surface area contributed by atoms with Crippen molar-refractivity contribution < 1.29 is 14.7 Å². The lowest BCUT2D eigenvalue weighted by Gasteiger charge is -2.30. The van der Waals surface area contributed by atoms with Crippen molar-refractivity contribution >= 4 is 11.9 Å². The van der Waals surface area contributed by atoms with Crippen molar-refractivity contribution in [1.82, 2.24) is 4.90 Å². The van der Waals surface area contributed by atoms with Crippen LogP contribution in [0.2, 0.25) is 0 Å². The number of rotatable bonds is 22. The molecule has 3 N–H and O–H groups in total. The normalized spacial score (nSPS) is 12.8. The highest BCUT2D eigenvalue weighted by Gasteiger charge is 2.30. The molecule has 0 rings (SSSR count). The Hall–Kier alpha value is -1.61. The van der Waals surface area contributed by atoms with Crippen molar-refractivity contribution in [2.45, 2.75) is 142 Å².